The van der Waals surface area contributed by atoms with Crippen molar-refractivity contribution in [1.29, 1.82) is 0 Å². The van der Waals surface area contributed by atoms with Crippen LogP contribution in [0.15, 0.2) is 231 Å². The van der Waals surface area contributed by atoms with Crippen molar-refractivity contribution in [3.05, 3.63) is 253 Å². The topological polar surface area (TPSA) is 51.6 Å². The lowest BCUT2D eigenvalue weighted by atomic mass is 9.67. The van der Waals surface area contributed by atoms with E-state index < -0.39 is 5.41 Å². The summed E-state index contributed by atoms with van der Waals surface area (Å²) >= 11 is 0. The first-order valence-corrected chi connectivity index (χ1v) is 22.1. The molecule has 0 aliphatic heterocycles. The minimum Gasteiger partial charge on any atom is -0.254 e. The fraction of sp³-hybridized carbons (Fsp3) is 0.0164. The Balaban J connectivity index is 0.896. The second-order valence-electron chi connectivity index (χ2n) is 16.9. The van der Waals surface area contributed by atoms with Crippen molar-refractivity contribution in [3.63, 3.8) is 0 Å². The molecule has 0 saturated carbocycles. The number of para-hydroxylation sites is 1. The van der Waals surface area contributed by atoms with Gasteiger partial charge in [0.15, 0.2) is 0 Å². The largest absolute Gasteiger partial charge is 0.254 e. The molecule has 1 aliphatic rings. The minimum atomic E-state index is -0.485. The Morgan fingerprint density at radius 2 is 0.892 bits per heavy atom. The van der Waals surface area contributed by atoms with Crippen molar-refractivity contribution in [1.82, 2.24) is 19.9 Å². The van der Waals surface area contributed by atoms with E-state index in [1.54, 1.807) is 0 Å². The summed E-state index contributed by atoms with van der Waals surface area (Å²) in [6.45, 7) is 0. The molecule has 0 saturated heterocycles. The molecule has 0 N–H and O–H groups in total. The van der Waals surface area contributed by atoms with Gasteiger partial charge >= 0.3 is 0 Å². The second kappa shape index (κ2) is 14.8. The van der Waals surface area contributed by atoms with Crippen molar-refractivity contribution >= 4 is 43.5 Å². The van der Waals surface area contributed by atoms with Gasteiger partial charge in [0.2, 0.25) is 0 Å². The molecule has 4 nitrogen and oxygen atoms in total. The number of pyridine rings is 4. The number of benzene rings is 8. The maximum absolute atomic E-state index is 5.39. The second-order valence-corrected chi connectivity index (χ2v) is 16.9. The summed E-state index contributed by atoms with van der Waals surface area (Å²) in [5.41, 5.74) is 17.6. The lowest BCUT2D eigenvalue weighted by Gasteiger charge is -2.34. The van der Waals surface area contributed by atoms with Gasteiger partial charge in [0, 0.05) is 44.4 Å². The molecule has 4 heterocycles. The van der Waals surface area contributed by atoms with Crippen LogP contribution in [0.25, 0.3) is 99.6 Å². The molecule has 8 aromatic carbocycles. The van der Waals surface area contributed by atoms with Crippen molar-refractivity contribution in [2.75, 3.05) is 0 Å². The zero-order valence-corrected chi connectivity index (χ0v) is 35.2. The maximum Gasteiger partial charge on any atom is 0.0973 e. The van der Waals surface area contributed by atoms with Crippen LogP contribution in [-0.4, -0.2) is 19.9 Å². The molecule has 0 amide bonds. The van der Waals surface area contributed by atoms with Crippen molar-refractivity contribution < 1.29 is 0 Å². The zero-order chi connectivity index (χ0) is 42.9. The molecule has 0 radical (unpaired) electrons. The smallest absolute Gasteiger partial charge is 0.0973 e. The number of fused-ring (bicyclic) bond motifs is 9. The Labute approximate surface area is 376 Å². The predicted molar refractivity (Wildman–Crippen MR) is 267 cm³/mol. The van der Waals surface area contributed by atoms with E-state index in [0.29, 0.717) is 0 Å². The third-order valence-corrected chi connectivity index (χ3v) is 13.4. The van der Waals surface area contributed by atoms with Crippen LogP contribution in [0.1, 0.15) is 22.3 Å². The van der Waals surface area contributed by atoms with Gasteiger partial charge in [-0.05, 0) is 80.7 Å². The normalized spacial score (nSPS) is 12.7. The van der Waals surface area contributed by atoms with E-state index in [0.717, 1.165) is 83.1 Å². The molecule has 0 bridgehead atoms. The summed E-state index contributed by atoms with van der Waals surface area (Å²) in [5.74, 6) is 0. The molecular weight excluding hydrogens is 789 g/mol. The molecule has 4 aromatic heterocycles. The third kappa shape index (κ3) is 5.85. The Bertz CT molecular complexity index is 3750. The van der Waals surface area contributed by atoms with E-state index in [-0.39, 0.29) is 0 Å². The number of nitrogens with zero attached hydrogens (tertiary/aromatic N) is 4. The Morgan fingerprint density at radius 3 is 1.60 bits per heavy atom. The van der Waals surface area contributed by atoms with Crippen LogP contribution in [0.2, 0.25) is 0 Å². The van der Waals surface area contributed by atoms with E-state index in [1.807, 2.05) is 30.5 Å². The van der Waals surface area contributed by atoms with Gasteiger partial charge in [-0.25, -0.2) is 15.0 Å². The summed E-state index contributed by atoms with van der Waals surface area (Å²) in [6, 6.07) is 80.2. The van der Waals surface area contributed by atoms with Crippen LogP contribution in [-0.2, 0) is 5.41 Å². The number of rotatable bonds is 6. The number of hydrogen-bond acceptors (Lipinski definition) is 4. The lowest BCUT2D eigenvalue weighted by molar-refractivity contribution is 0.769. The highest BCUT2D eigenvalue weighted by Gasteiger charge is 2.46. The molecule has 4 heteroatoms. The fourth-order valence-corrected chi connectivity index (χ4v) is 10.3. The van der Waals surface area contributed by atoms with E-state index in [1.165, 1.54) is 38.8 Å². The van der Waals surface area contributed by atoms with Crippen LogP contribution in [0.4, 0.5) is 0 Å². The molecule has 302 valence electrons. The van der Waals surface area contributed by atoms with Gasteiger partial charge < -0.3 is 0 Å². The van der Waals surface area contributed by atoms with Crippen molar-refractivity contribution in [2.45, 2.75) is 5.41 Å². The standard InChI is InChI=1S/C61H38N4/c1-4-14-40(15-5-1)54-33-30-42-28-29-43-31-35-57(65-60(43)59(42)63-54)56-34-32-44(38-62-56)39-24-26-41(27-25-39)58-51-36-50-47-20-10-12-22-52(47)61(45-16-6-2-7-17-45,46-18-8-3-9-19-46)53(50)37-49(51)48-21-11-13-23-55(48)64-58/h1-38H. The molecular formula is C61H38N4. The van der Waals surface area contributed by atoms with E-state index in [9.17, 15) is 0 Å². The lowest BCUT2D eigenvalue weighted by Crippen LogP contribution is -2.28. The van der Waals surface area contributed by atoms with Gasteiger partial charge in [0.1, 0.15) is 0 Å². The van der Waals surface area contributed by atoms with Crippen molar-refractivity contribution in [3.8, 4) is 56.2 Å². The average Bonchev–Trinajstić information content (AvgIpc) is 3.68. The Hall–Kier alpha value is -8.60. The van der Waals surface area contributed by atoms with Gasteiger partial charge in [-0.15, -0.1) is 0 Å². The van der Waals surface area contributed by atoms with Crippen LogP contribution >= 0.6 is 0 Å². The minimum absolute atomic E-state index is 0.485. The zero-order valence-electron chi connectivity index (χ0n) is 35.2. The van der Waals surface area contributed by atoms with Crippen LogP contribution in [0.3, 0.4) is 0 Å². The van der Waals surface area contributed by atoms with E-state index in [4.69, 9.17) is 19.9 Å². The fourth-order valence-electron chi connectivity index (χ4n) is 10.3. The third-order valence-electron chi connectivity index (χ3n) is 13.4. The molecule has 0 atom stereocenters. The number of hydrogen-bond donors (Lipinski definition) is 0. The molecule has 0 unspecified atom stereocenters. The quantitative estimate of drug-likeness (QED) is 0.157. The maximum atomic E-state index is 5.39. The van der Waals surface area contributed by atoms with Crippen LogP contribution in [0, 0.1) is 0 Å². The molecule has 12 aromatic rings. The highest BCUT2D eigenvalue weighted by molar-refractivity contribution is 6.13. The summed E-state index contributed by atoms with van der Waals surface area (Å²) < 4.78 is 0. The highest BCUT2D eigenvalue weighted by Crippen LogP contribution is 2.57. The molecule has 1 aliphatic carbocycles. The first kappa shape index (κ1) is 37.0. The van der Waals surface area contributed by atoms with Gasteiger partial charge in [-0.2, -0.15) is 0 Å². The first-order valence-electron chi connectivity index (χ1n) is 22.1. The summed E-state index contributed by atoms with van der Waals surface area (Å²) in [7, 11) is 0. The average molecular weight is 827 g/mol. The predicted octanol–water partition coefficient (Wildman–Crippen LogP) is 14.9. The van der Waals surface area contributed by atoms with Gasteiger partial charge in [0.25, 0.3) is 0 Å². The van der Waals surface area contributed by atoms with Gasteiger partial charge in [-0.1, -0.05) is 188 Å². The monoisotopic (exact) mass is 826 g/mol. The Kier molecular flexibility index (Phi) is 8.40. The SMILES string of the molecule is c1ccc(-c2ccc3ccc4ccc(-c5ccc(-c6ccc(-c7nc8ccccc8c8cc9c(cc78)-c7ccccc7C9(c7ccccc7)c7ccccc7)cc6)cn5)nc4c3n2)cc1. The highest BCUT2D eigenvalue weighted by atomic mass is 14.8. The van der Waals surface area contributed by atoms with Gasteiger partial charge in [-0.3, -0.25) is 4.98 Å². The van der Waals surface area contributed by atoms with Crippen LogP contribution < -0.4 is 0 Å². The molecule has 0 fully saturated rings. The molecule has 13 rings (SSSR count). The van der Waals surface area contributed by atoms with E-state index in [2.05, 4.69) is 200 Å². The van der Waals surface area contributed by atoms with Crippen LogP contribution in [0.5, 0.6) is 0 Å². The Morgan fingerprint density at radius 1 is 0.323 bits per heavy atom. The summed E-state index contributed by atoms with van der Waals surface area (Å²) in [4.78, 5) is 20.6. The number of aromatic nitrogens is 4. The van der Waals surface area contributed by atoms with Crippen molar-refractivity contribution in [2.24, 2.45) is 0 Å². The van der Waals surface area contributed by atoms with Gasteiger partial charge in [0.05, 0.1) is 44.7 Å². The molecule has 65 heavy (non-hydrogen) atoms. The first-order chi connectivity index (χ1) is 32.2. The molecule has 0 spiro atoms. The summed E-state index contributed by atoms with van der Waals surface area (Å²) in [6.07, 6.45) is 1.95. The summed E-state index contributed by atoms with van der Waals surface area (Å²) in [5, 5.41) is 5.58. The van der Waals surface area contributed by atoms with E-state index >= 15 is 0 Å².